The summed E-state index contributed by atoms with van der Waals surface area (Å²) in [5.74, 6) is 0. The van der Waals surface area contributed by atoms with Crippen molar-refractivity contribution in [3.8, 4) is 0 Å². The first-order valence-corrected chi connectivity index (χ1v) is 12.4. The summed E-state index contributed by atoms with van der Waals surface area (Å²) in [4.78, 5) is 20.3. The van der Waals surface area contributed by atoms with E-state index in [-0.39, 0.29) is 19.2 Å². The van der Waals surface area contributed by atoms with Gasteiger partial charge < -0.3 is 19.8 Å². The topological polar surface area (TPSA) is 81.0 Å². The van der Waals surface area contributed by atoms with Crippen LogP contribution in [-0.2, 0) is 17.4 Å². The lowest BCUT2D eigenvalue weighted by Crippen LogP contribution is -2.48. The lowest BCUT2D eigenvalue weighted by Gasteiger charge is -2.39. The van der Waals surface area contributed by atoms with Gasteiger partial charge in [0.15, 0.2) is 0 Å². The van der Waals surface area contributed by atoms with Crippen LogP contribution in [0, 0.1) is 0 Å². The summed E-state index contributed by atoms with van der Waals surface area (Å²) in [6.45, 7) is 2.12. The standard InChI is InChI=1S/C22H40NO4P/c1-4-5-6-7-8-9-10-20-11-13-21(14-12-20)15-16-22(19-24,23(2)3)17-18-28(25,26)27/h11-14,24H,4-10,15-19H2,1-3H3,(H2,25,26,27). The van der Waals surface area contributed by atoms with Crippen LogP contribution in [-0.4, -0.2) is 52.2 Å². The lowest BCUT2D eigenvalue weighted by molar-refractivity contribution is 0.0567. The van der Waals surface area contributed by atoms with Gasteiger partial charge in [0.05, 0.1) is 12.8 Å². The molecule has 0 aliphatic heterocycles. The minimum absolute atomic E-state index is 0.115. The number of aryl methyl sites for hydroxylation is 2. The average Bonchev–Trinajstić information content (AvgIpc) is 2.65. The second-order valence-electron chi connectivity index (χ2n) is 8.25. The van der Waals surface area contributed by atoms with Crippen LogP contribution in [0.5, 0.6) is 0 Å². The molecule has 0 fully saturated rings. The maximum absolute atomic E-state index is 11.3. The molecule has 1 aromatic carbocycles. The van der Waals surface area contributed by atoms with Crippen molar-refractivity contribution in [3.63, 3.8) is 0 Å². The summed E-state index contributed by atoms with van der Waals surface area (Å²) in [6.07, 6.45) is 10.4. The fourth-order valence-corrected chi connectivity index (χ4v) is 4.29. The zero-order valence-electron chi connectivity index (χ0n) is 17.9. The molecule has 28 heavy (non-hydrogen) atoms. The van der Waals surface area contributed by atoms with Crippen molar-refractivity contribution < 1.29 is 19.5 Å². The van der Waals surface area contributed by atoms with Gasteiger partial charge in [0.2, 0.25) is 0 Å². The van der Waals surface area contributed by atoms with E-state index in [1.165, 1.54) is 49.7 Å². The van der Waals surface area contributed by atoms with E-state index < -0.39 is 13.1 Å². The third-order valence-electron chi connectivity index (χ3n) is 5.83. The van der Waals surface area contributed by atoms with Crippen LogP contribution in [0.1, 0.15) is 69.4 Å². The van der Waals surface area contributed by atoms with E-state index in [1.54, 1.807) is 0 Å². The highest BCUT2D eigenvalue weighted by Crippen LogP contribution is 2.38. The van der Waals surface area contributed by atoms with Crippen molar-refractivity contribution >= 4 is 7.60 Å². The lowest BCUT2D eigenvalue weighted by atomic mass is 9.88. The number of aliphatic hydroxyl groups excluding tert-OH is 1. The van der Waals surface area contributed by atoms with Crippen molar-refractivity contribution in [1.82, 2.24) is 4.90 Å². The van der Waals surface area contributed by atoms with Crippen molar-refractivity contribution in [2.75, 3.05) is 26.9 Å². The summed E-state index contributed by atoms with van der Waals surface area (Å²) >= 11 is 0. The normalized spacial score (nSPS) is 14.4. The summed E-state index contributed by atoms with van der Waals surface area (Å²) in [5.41, 5.74) is 1.95. The Bertz CT molecular complexity index is 585. The Hall–Kier alpha value is -0.710. The number of aliphatic hydroxyl groups is 1. The molecule has 0 aliphatic rings. The van der Waals surface area contributed by atoms with Crippen LogP contribution >= 0.6 is 7.60 Å². The molecule has 0 bridgehead atoms. The molecule has 0 heterocycles. The number of rotatable bonds is 15. The number of unbranched alkanes of at least 4 members (excludes halogenated alkanes) is 5. The Morgan fingerprint density at radius 3 is 1.93 bits per heavy atom. The van der Waals surface area contributed by atoms with Gasteiger partial charge in [-0.25, -0.2) is 0 Å². The maximum atomic E-state index is 11.3. The maximum Gasteiger partial charge on any atom is 0.325 e. The fourth-order valence-electron chi connectivity index (χ4n) is 3.58. The second kappa shape index (κ2) is 12.8. The monoisotopic (exact) mass is 413 g/mol. The van der Waals surface area contributed by atoms with Crippen molar-refractivity contribution in [2.45, 2.75) is 76.7 Å². The van der Waals surface area contributed by atoms with E-state index in [2.05, 4.69) is 31.2 Å². The highest BCUT2D eigenvalue weighted by molar-refractivity contribution is 7.51. The molecule has 0 saturated heterocycles. The fraction of sp³-hybridized carbons (Fsp3) is 0.727. The first kappa shape index (κ1) is 25.3. The minimum atomic E-state index is -4.08. The Balaban J connectivity index is 2.53. The summed E-state index contributed by atoms with van der Waals surface area (Å²) in [6, 6.07) is 8.67. The summed E-state index contributed by atoms with van der Waals surface area (Å²) in [7, 11) is -0.354. The molecule has 5 nitrogen and oxygen atoms in total. The van der Waals surface area contributed by atoms with E-state index in [4.69, 9.17) is 0 Å². The van der Waals surface area contributed by atoms with Crippen molar-refractivity contribution in [1.29, 1.82) is 0 Å². The van der Waals surface area contributed by atoms with Crippen molar-refractivity contribution in [3.05, 3.63) is 35.4 Å². The van der Waals surface area contributed by atoms with Gasteiger partial charge in [0.1, 0.15) is 0 Å². The van der Waals surface area contributed by atoms with E-state index in [9.17, 15) is 19.5 Å². The van der Waals surface area contributed by atoms with Gasteiger partial charge in [0, 0.05) is 5.54 Å². The molecular formula is C22H40NO4P. The molecule has 0 spiro atoms. The van der Waals surface area contributed by atoms with Gasteiger partial charge >= 0.3 is 7.60 Å². The van der Waals surface area contributed by atoms with Crippen LogP contribution in [0.2, 0.25) is 0 Å². The number of likely N-dealkylation sites (N-methyl/N-ethyl adjacent to an activating group) is 1. The average molecular weight is 414 g/mol. The SMILES string of the molecule is CCCCCCCCc1ccc(CCC(CO)(CCP(=O)(O)O)N(C)C)cc1. The third-order valence-corrected chi connectivity index (χ3v) is 6.64. The Labute approximate surface area is 171 Å². The molecule has 0 aromatic heterocycles. The van der Waals surface area contributed by atoms with Gasteiger partial charge in [-0.2, -0.15) is 0 Å². The Kier molecular flexibility index (Phi) is 11.5. The number of benzene rings is 1. The molecule has 1 unspecified atom stereocenters. The zero-order chi connectivity index (χ0) is 21.0. The van der Waals surface area contributed by atoms with E-state index in [1.807, 2.05) is 19.0 Å². The Morgan fingerprint density at radius 2 is 1.43 bits per heavy atom. The Morgan fingerprint density at radius 1 is 0.893 bits per heavy atom. The molecule has 0 amide bonds. The van der Waals surface area contributed by atoms with E-state index in [0.29, 0.717) is 6.42 Å². The summed E-state index contributed by atoms with van der Waals surface area (Å²) in [5, 5.41) is 9.95. The molecule has 1 aromatic rings. The number of hydrogen-bond donors (Lipinski definition) is 3. The van der Waals surface area contributed by atoms with Gasteiger partial charge in [-0.05, 0) is 57.3 Å². The van der Waals surface area contributed by atoms with Crippen LogP contribution < -0.4 is 0 Å². The van der Waals surface area contributed by atoms with Gasteiger partial charge in [-0.3, -0.25) is 4.57 Å². The van der Waals surface area contributed by atoms with E-state index >= 15 is 0 Å². The highest BCUT2D eigenvalue weighted by Gasteiger charge is 2.33. The zero-order valence-corrected chi connectivity index (χ0v) is 18.8. The largest absolute Gasteiger partial charge is 0.394 e. The summed E-state index contributed by atoms with van der Waals surface area (Å²) < 4.78 is 11.3. The molecule has 6 heteroatoms. The highest BCUT2D eigenvalue weighted by atomic mass is 31.2. The van der Waals surface area contributed by atoms with Crippen LogP contribution in [0.4, 0.5) is 0 Å². The van der Waals surface area contributed by atoms with Gasteiger partial charge in [0.25, 0.3) is 0 Å². The smallest absolute Gasteiger partial charge is 0.325 e. The molecule has 0 saturated carbocycles. The minimum Gasteiger partial charge on any atom is -0.394 e. The van der Waals surface area contributed by atoms with Gasteiger partial charge in [-0.15, -0.1) is 0 Å². The third kappa shape index (κ3) is 9.67. The van der Waals surface area contributed by atoms with E-state index in [0.717, 1.165) is 12.8 Å². The first-order valence-electron chi connectivity index (χ1n) is 10.6. The molecular weight excluding hydrogens is 373 g/mol. The molecule has 1 rings (SSSR count). The number of nitrogens with zero attached hydrogens (tertiary/aromatic N) is 1. The number of hydrogen-bond acceptors (Lipinski definition) is 3. The van der Waals surface area contributed by atoms with Crippen LogP contribution in [0.15, 0.2) is 24.3 Å². The van der Waals surface area contributed by atoms with Crippen LogP contribution in [0.3, 0.4) is 0 Å². The predicted octanol–water partition coefficient (Wildman–Crippen LogP) is 4.38. The predicted molar refractivity (Wildman–Crippen MR) is 117 cm³/mol. The second-order valence-corrected chi connectivity index (χ2v) is 10.0. The molecule has 162 valence electrons. The molecule has 0 radical (unpaired) electrons. The van der Waals surface area contributed by atoms with Gasteiger partial charge in [-0.1, -0.05) is 63.3 Å². The van der Waals surface area contributed by atoms with Crippen molar-refractivity contribution in [2.24, 2.45) is 0 Å². The first-order chi connectivity index (χ1) is 13.2. The molecule has 3 N–H and O–H groups in total. The molecule has 0 aliphatic carbocycles. The molecule has 1 atom stereocenters. The van der Waals surface area contributed by atoms with Crippen LogP contribution in [0.25, 0.3) is 0 Å². The quantitative estimate of drug-likeness (QED) is 0.294.